The zero-order chi connectivity index (χ0) is 10.7. The van der Waals surface area contributed by atoms with Gasteiger partial charge in [-0.25, -0.2) is 0 Å². The van der Waals surface area contributed by atoms with Crippen LogP contribution in [-0.2, 0) is 9.47 Å². The van der Waals surface area contributed by atoms with Gasteiger partial charge in [-0.15, -0.1) is 0 Å². The summed E-state index contributed by atoms with van der Waals surface area (Å²) in [6, 6.07) is 0. The monoisotopic (exact) mass is 200 g/mol. The Kier molecular flexibility index (Phi) is 4.39. The highest BCUT2D eigenvalue weighted by molar-refractivity contribution is 4.93. The maximum Gasteiger partial charge on any atom is 0.0892 e. The lowest BCUT2D eigenvalue weighted by Crippen LogP contribution is -2.27. The molecule has 0 spiro atoms. The van der Waals surface area contributed by atoms with E-state index in [1.165, 1.54) is 0 Å². The van der Waals surface area contributed by atoms with Gasteiger partial charge in [-0.3, -0.25) is 0 Å². The molecule has 2 fully saturated rings. The van der Waals surface area contributed by atoms with Gasteiger partial charge in [0.2, 0.25) is 0 Å². The number of rotatable bonds is 1. The molecule has 84 valence electrons. The molecule has 2 nitrogen and oxygen atoms in total. The van der Waals surface area contributed by atoms with Crippen LogP contribution in [0.3, 0.4) is 0 Å². The van der Waals surface area contributed by atoms with E-state index in [1.807, 2.05) is 13.8 Å². The summed E-state index contributed by atoms with van der Waals surface area (Å²) < 4.78 is 11.5. The summed E-state index contributed by atoms with van der Waals surface area (Å²) in [4.78, 5) is 0. The minimum absolute atomic E-state index is 0.386. The van der Waals surface area contributed by atoms with Crippen LogP contribution in [0, 0.1) is 17.8 Å². The Bertz CT molecular complexity index is 168. The summed E-state index contributed by atoms with van der Waals surface area (Å²) >= 11 is 0. The Morgan fingerprint density at radius 1 is 1.00 bits per heavy atom. The third-order valence-corrected chi connectivity index (χ3v) is 3.20. The highest BCUT2D eigenvalue weighted by Gasteiger charge is 2.46. The third kappa shape index (κ3) is 2.12. The molecule has 2 unspecified atom stereocenters. The van der Waals surface area contributed by atoms with Crippen molar-refractivity contribution in [3.05, 3.63) is 0 Å². The number of ether oxygens (including phenoxy) is 2. The average molecular weight is 200 g/mol. The molecule has 14 heavy (non-hydrogen) atoms. The molecule has 0 saturated carbocycles. The molecule has 0 amide bonds. The molecule has 2 aliphatic rings. The highest BCUT2D eigenvalue weighted by atomic mass is 16.6. The average Bonchev–Trinajstić information content (AvgIpc) is 2.72. The second-order valence-corrected chi connectivity index (χ2v) is 4.48. The van der Waals surface area contributed by atoms with Gasteiger partial charge in [0.05, 0.1) is 25.4 Å². The first-order valence-corrected chi connectivity index (χ1v) is 5.93. The van der Waals surface area contributed by atoms with Crippen molar-refractivity contribution >= 4 is 0 Å². The van der Waals surface area contributed by atoms with Gasteiger partial charge in [-0.2, -0.15) is 0 Å². The van der Waals surface area contributed by atoms with E-state index in [9.17, 15) is 0 Å². The van der Waals surface area contributed by atoms with Crippen LogP contribution in [-0.4, -0.2) is 25.4 Å². The van der Waals surface area contributed by atoms with E-state index in [2.05, 4.69) is 20.8 Å². The van der Waals surface area contributed by atoms with E-state index in [0.29, 0.717) is 30.0 Å². The van der Waals surface area contributed by atoms with Gasteiger partial charge < -0.3 is 9.47 Å². The van der Waals surface area contributed by atoms with E-state index in [-0.39, 0.29) is 0 Å². The van der Waals surface area contributed by atoms with Crippen LogP contribution in [0.4, 0.5) is 0 Å². The molecule has 2 heterocycles. The first-order chi connectivity index (χ1) is 6.70. The molecule has 0 aliphatic carbocycles. The lowest BCUT2D eigenvalue weighted by Gasteiger charge is -2.19. The van der Waals surface area contributed by atoms with Crippen molar-refractivity contribution < 1.29 is 9.47 Å². The fourth-order valence-corrected chi connectivity index (χ4v) is 2.29. The molecule has 4 atom stereocenters. The molecular weight excluding hydrogens is 176 g/mol. The van der Waals surface area contributed by atoms with Crippen molar-refractivity contribution in [3.8, 4) is 0 Å². The molecule has 2 rings (SSSR count). The summed E-state index contributed by atoms with van der Waals surface area (Å²) in [5, 5.41) is 0. The van der Waals surface area contributed by atoms with E-state index >= 15 is 0 Å². The summed E-state index contributed by atoms with van der Waals surface area (Å²) in [7, 11) is 0. The maximum atomic E-state index is 5.74. The standard InChI is InChI=1S/C10H18O2.C2H6/c1-6(2)8-5-12-9-7(3)4-11-10(8)9;1-2/h6-10H,4-5H2,1-3H3;1-2H3/t7-,8+,9?,10?;/m1./s1. The second kappa shape index (κ2) is 5.13. The second-order valence-electron chi connectivity index (χ2n) is 4.48. The van der Waals surface area contributed by atoms with Crippen molar-refractivity contribution in [3.63, 3.8) is 0 Å². The normalized spacial score (nSPS) is 40.7. The summed E-state index contributed by atoms with van der Waals surface area (Å²) in [5.74, 6) is 1.91. The first-order valence-electron chi connectivity index (χ1n) is 5.93. The largest absolute Gasteiger partial charge is 0.375 e. The Morgan fingerprint density at radius 2 is 1.57 bits per heavy atom. The summed E-state index contributed by atoms with van der Waals surface area (Å²) in [6.07, 6.45) is 0.775. The quantitative estimate of drug-likeness (QED) is 0.648. The van der Waals surface area contributed by atoms with E-state index < -0.39 is 0 Å². The molecule has 0 N–H and O–H groups in total. The smallest absolute Gasteiger partial charge is 0.0892 e. The lowest BCUT2D eigenvalue weighted by molar-refractivity contribution is 0.0549. The van der Waals surface area contributed by atoms with Crippen LogP contribution < -0.4 is 0 Å². The van der Waals surface area contributed by atoms with E-state index in [0.717, 1.165) is 13.2 Å². The number of fused-ring (bicyclic) bond motifs is 1. The van der Waals surface area contributed by atoms with Crippen molar-refractivity contribution in [2.45, 2.75) is 46.8 Å². The van der Waals surface area contributed by atoms with Gasteiger partial charge >= 0.3 is 0 Å². The highest BCUT2D eigenvalue weighted by Crippen LogP contribution is 2.37. The van der Waals surface area contributed by atoms with Gasteiger partial charge in [-0.05, 0) is 5.92 Å². The van der Waals surface area contributed by atoms with Gasteiger partial charge in [0.25, 0.3) is 0 Å². The molecule has 0 radical (unpaired) electrons. The number of hydrogen-bond donors (Lipinski definition) is 0. The topological polar surface area (TPSA) is 18.5 Å². The zero-order valence-electron chi connectivity index (χ0n) is 10.1. The minimum Gasteiger partial charge on any atom is -0.375 e. The molecule has 2 aliphatic heterocycles. The lowest BCUT2D eigenvalue weighted by atomic mass is 9.89. The number of hydrogen-bond acceptors (Lipinski definition) is 2. The van der Waals surface area contributed by atoms with Gasteiger partial charge in [0.15, 0.2) is 0 Å². The molecule has 2 heteroatoms. The van der Waals surface area contributed by atoms with Crippen molar-refractivity contribution in [1.29, 1.82) is 0 Å². The van der Waals surface area contributed by atoms with Gasteiger partial charge in [0.1, 0.15) is 0 Å². The molecule has 0 aromatic carbocycles. The van der Waals surface area contributed by atoms with Crippen LogP contribution in [0.15, 0.2) is 0 Å². The predicted octanol–water partition coefficient (Wildman–Crippen LogP) is 2.72. The van der Waals surface area contributed by atoms with Crippen molar-refractivity contribution in [2.24, 2.45) is 17.8 Å². The van der Waals surface area contributed by atoms with E-state index in [1.54, 1.807) is 0 Å². The van der Waals surface area contributed by atoms with Crippen LogP contribution in [0.25, 0.3) is 0 Å². The van der Waals surface area contributed by atoms with Crippen molar-refractivity contribution in [1.82, 2.24) is 0 Å². The van der Waals surface area contributed by atoms with Crippen molar-refractivity contribution in [2.75, 3.05) is 13.2 Å². The van der Waals surface area contributed by atoms with Gasteiger partial charge in [-0.1, -0.05) is 34.6 Å². The van der Waals surface area contributed by atoms with Crippen LogP contribution in [0.5, 0.6) is 0 Å². The van der Waals surface area contributed by atoms with E-state index in [4.69, 9.17) is 9.47 Å². The van der Waals surface area contributed by atoms with Gasteiger partial charge in [0, 0.05) is 11.8 Å². The predicted molar refractivity (Wildman–Crippen MR) is 58.3 cm³/mol. The van der Waals surface area contributed by atoms with Crippen LogP contribution >= 0.6 is 0 Å². The molecule has 0 aromatic rings. The molecule has 2 saturated heterocycles. The maximum absolute atomic E-state index is 5.74. The molecule has 0 bridgehead atoms. The third-order valence-electron chi connectivity index (χ3n) is 3.20. The zero-order valence-corrected chi connectivity index (χ0v) is 10.1. The fraction of sp³-hybridized carbons (Fsp3) is 1.00. The summed E-state index contributed by atoms with van der Waals surface area (Å²) in [5.41, 5.74) is 0. The first kappa shape index (κ1) is 12.0. The minimum atomic E-state index is 0.386. The SMILES string of the molecule is CC.CC(C)[C@@H]1COC2C1OC[C@H]2C. The van der Waals surface area contributed by atoms with Crippen LogP contribution in [0.2, 0.25) is 0 Å². The summed E-state index contributed by atoms with van der Waals surface area (Å²) in [6.45, 7) is 12.5. The Labute approximate surface area is 88.0 Å². The Hall–Kier alpha value is -0.0800. The fourth-order valence-electron chi connectivity index (χ4n) is 2.29. The Balaban J connectivity index is 0.000000461. The molecular formula is C12H24O2. The molecule has 0 aromatic heterocycles. The Morgan fingerprint density at radius 3 is 2.14 bits per heavy atom. The van der Waals surface area contributed by atoms with Crippen LogP contribution in [0.1, 0.15) is 34.6 Å².